The van der Waals surface area contributed by atoms with Gasteiger partial charge >= 0.3 is 0 Å². The smallest absolute Gasteiger partial charge is 0.225 e. The van der Waals surface area contributed by atoms with Crippen molar-refractivity contribution in [2.24, 2.45) is 5.92 Å². The molecule has 6 heteroatoms. The number of nitrogens with one attached hydrogen (secondary N) is 1. The molecule has 0 radical (unpaired) electrons. The van der Waals surface area contributed by atoms with Crippen molar-refractivity contribution < 1.29 is 9.90 Å². The van der Waals surface area contributed by atoms with E-state index in [1.807, 2.05) is 18.7 Å². The van der Waals surface area contributed by atoms with Crippen molar-refractivity contribution in [2.45, 2.75) is 38.8 Å². The molecule has 0 aliphatic carbocycles. The largest absolute Gasteiger partial charge is 0.391 e. The number of carbonyl (C=O) groups is 1. The third-order valence-corrected chi connectivity index (χ3v) is 3.56. The zero-order valence-electron chi connectivity index (χ0n) is 12.0. The van der Waals surface area contributed by atoms with Crippen LogP contribution in [0.4, 0.5) is 5.95 Å². The first-order valence-electron chi connectivity index (χ1n) is 7.08. The molecule has 2 N–H and O–H groups in total. The predicted molar refractivity (Wildman–Crippen MR) is 76.3 cm³/mol. The minimum Gasteiger partial charge on any atom is -0.391 e. The second-order valence-corrected chi connectivity index (χ2v) is 5.45. The van der Waals surface area contributed by atoms with E-state index in [1.165, 1.54) is 0 Å². The molecule has 1 saturated heterocycles. The fourth-order valence-electron chi connectivity index (χ4n) is 2.26. The Morgan fingerprint density at radius 1 is 1.35 bits per heavy atom. The molecule has 2 heterocycles. The molecule has 1 aromatic heterocycles. The fraction of sp³-hybridized carbons (Fsp3) is 0.643. The highest BCUT2D eigenvalue weighted by atomic mass is 16.3. The first-order valence-corrected chi connectivity index (χ1v) is 7.08. The van der Waals surface area contributed by atoms with E-state index in [4.69, 9.17) is 0 Å². The molecular formula is C14H22N4O2. The van der Waals surface area contributed by atoms with Gasteiger partial charge < -0.3 is 15.3 Å². The number of hydrogen-bond donors (Lipinski definition) is 2. The molecule has 1 aromatic rings. The quantitative estimate of drug-likeness (QED) is 0.845. The van der Waals surface area contributed by atoms with Crippen LogP contribution >= 0.6 is 0 Å². The van der Waals surface area contributed by atoms with Crippen LogP contribution in [-0.4, -0.2) is 46.2 Å². The lowest BCUT2D eigenvalue weighted by Crippen LogP contribution is -2.44. The molecule has 1 aliphatic heterocycles. The van der Waals surface area contributed by atoms with Gasteiger partial charge in [0.05, 0.1) is 12.1 Å². The van der Waals surface area contributed by atoms with Crippen molar-refractivity contribution in [3.8, 4) is 0 Å². The Kier molecular flexibility index (Phi) is 4.89. The molecule has 1 fully saturated rings. The maximum absolute atomic E-state index is 11.8. The summed E-state index contributed by atoms with van der Waals surface area (Å²) in [6.45, 7) is 5.12. The average molecular weight is 278 g/mol. The second kappa shape index (κ2) is 6.65. The van der Waals surface area contributed by atoms with Gasteiger partial charge in [-0.3, -0.25) is 4.79 Å². The summed E-state index contributed by atoms with van der Waals surface area (Å²) in [6, 6.07) is 1.58. The Morgan fingerprint density at radius 2 is 2.00 bits per heavy atom. The highest BCUT2D eigenvalue weighted by Gasteiger charge is 2.27. The summed E-state index contributed by atoms with van der Waals surface area (Å²) in [6.07, 6.45) is 4.19. The van der Waals surface area contributed by atoms with Gasteiger partial charge in [-0.2, -0.15) is 0 Å². The van der Waals surface area contributed by atoms with Gasteiger partial charge in [-0.1, -0.05) is 13.8 Å². The summed E-state index contributed by atoms with van der Waals surface area (Å²) in [5.74, 6) is 0.591. The number of amides is 1. The van der Waals surface area contributed by atoms with E-state index in [-0.39, 0.29) is 17.9 Å². The molecule has 0 spiro atoms. The van der Waals surface area contributed by atoms with E-state index in [0.29, 0.717) is 25.3 Å². The molecule has 0 unspecified atom stereocenters. The normalized spacial score (nSPS) is 23.5. The van der Waals surface area contributed by atoms with Gasteiger partial charge in [-0.25, -0.2) is 9.97 Å². The van der Waals surface area contributed by atoms with Crippen molar-refractivity contribution in [3.05, 3.63) is 18.5 Å². The molecule has 2 rings (SSSR count). The summed E-state index contributed by atoms with van der Waals surface area (Å²) in [4.78, 5) is 22.3. The lowest BCUT2D eigenvalue weighted by Gasteiger charge is -2.22. The number of aliphatic hydroxyl groups is 1. The highest BCUT2D eigenvalue weighted by Crippen LogP contribution is 2.16. The molecule has 2 atom stereocenters. The zero-order valence-corrected chi connectivity index (χ0v) is 12.0. The van der Waals surface area contributed by atoms with Gasteiger partial charge in [0.15, 0.2) is 0 Å². The second-order valence-electron chi connectivity index (χ2n) is 5.45. The Bertz CT molecular complexity index is 438. The van der Waals surface area contributed by atoms with E-state index in [2.05, 4.69) is 15.3 Å². The van der Waals surface area contributed by atoms with Crippen LogP contribution in [0.1, 0.15) is 26.7 Å². The maximum atomic E-state index is 11.8. The first kappa shape index (κ1) is 14.7. The lowest BCUT2D eigenvalue weighted by molar-refractivity contribution is -0.125. The van der Waals surface area contributed by atoms with Crippen LogP contribution in [0.5, 0.6) is 0 Å². The van der Waals surface area contributed by atoms with Crippen LogP contribution in [0.2, 0.25) is 0 Å². The molecule has 1 aliphatic rings. The number of anilines is 1. The standard InChI is InChI=1S/C14H22N4O2/c1-10(2)13(20)17-11-4-8-18(9-5-12(11)19)14-15-6-3-7-16-14/h3,6-7,10-12,19H,4-5,8-9H2,1-2H3,(H,17,20)/t11-,12-/m0/s1. The van der Waals surface area contributed by atoms with Gasteiger partial charge in [0.2, 0.25) is 11.9 Å². The molecule has 0 bridgehead atoms. The molecule has 1 amide bonds. The van der Waals surface area contributed by atoms with Gasteiger partial charge in [0, 0.05) is 31.4 Å². The highest BCUT2D eigenvalue weighted by molar-refractivity contribution is 5.78. The van der Waals surface area contributed by atoms with Gasteiger partial charge in [-0.15, -0.1) is 0 Å². The average Bonchev–Trinajstić information content (AvgIpc) is 2.63. The van der Waals surface area contributed by atoms with Crippen LogP contribution in [0.25, 0.3) is 0 Å². The van der Waals surface area contributed by atoms with Crippen LogP contribution < -0.4 is 10.2 Å². The van der Waals surface area contributed by atoms with Crippen LogP contribution in [0.15, 0.2) is 18.5 Å². The SMILES string of the molecule is CC(C)C(=O)N[C@H]1CCN(c2ncccn2)CC[C@@H]1O. The lowest BCUT2D eigenvalue weighted by atomic mass is 10.1. The first-order chi connectivity index (χ1) is 9.58. The summed E-state index contributed by atoms with van der Waals surface area (Å²) in [5.41, 5.74) is 0. The number of aliphatic hydroxyl groups excluding tert-OH is 1. The Labute approximate surface area is 119 Å². The minimum atomic E-state index is -0.522. The molecule has 20 heavy (non-hydrogen) atoms. The zero-order chi connectivity index (χ0) is 14.5. The van der Waals surface area contributed by atoms with E-state index in [1.54, 1.807) is 18.5 Å². The third-order valence-electron chi connectivity index (χ3n) is 3.56. The molecule has 0 saturated carbocycles. The Balaban J connectivity index is 1.98. The Hall–Kier alpha value is -1.69. The van der Waals surface area contributed by atoms with Gasteiger partial charge in [0.25, 0.3) is 0 Å². The number of aromatic nitrogens is 2. The summed E-state index contributed by atoms with van der Waals surface area (Å²) < 4.78 is 0. The third kappa shape index (κ3) is 3.66. The van der Waals surface area contributed by atoms with Gasteiger partial charge in [-0.05, 0) is 18.9 Å². The van der Waals surface area contributed by atoms with Crippen molar-refractivity contribution in [2.75, 3.05) is 18.0 Å². The van der Waals surface area contributed by atoms with Crippen molar-refractivity contribution >= 4 is 11.9 Å². The topological polar surface area (TPSA) is 78.4 Å². The molecule has 6 nitrogen and oxygen atoms in total. The van der Waals surface area contributed by atoms with Crippen molar-refractivity contribution in [3.63, 3.8) is 0 Å². The number of nitrogens with zero attached hydrogens (tertiary/aromatic N) is 3. The molecule has 110 valence electrons. The number of carbonyl (C=O) groups excluding carboxylic acids is 1. The van der Waals surface area contributed by atoms with Gasteiger partial charge in [0.1, 0.15) is 0 Å². The van der Waals surface area contributed by atoms with Crippen LogP contribution in [-0.2, 0) is 4.79 Å². The van der Waals surface area contributed by atoms with Crippen molar-refractivity contribution in [1.82, 2.24) is 15.3 Å². The Morgan fingerprint density at radius 3 is 2.65 bits per heavy atom. The fourth-order valence-corrected chi connectivity index (χ4v) is 2.26. The van der Waals surface area contributed by atoms with Crippen molar-refractivity contribution in [1.29, 1.82) is 0 Å². The van der Waals surface area contributed by atoms with E-state index < -0.39 is 6.10 Å². The number of rotatable bonds is 3. The monoisotopic (exact) mass is 278 g/mol. The van der Waals surface area contributed by atoms with E-state index >= 15 is 0 Å². The summed E-state index contributed by atoms with van der Waals surface area (Å²) in [7, 11) is 0. The van der Waals surface area contributed by atoms with Crippen LogP contribution in [0, 0.1) is 5.92 Å². The predicted octanol–water partition coefficient (Wildman–Crippen LogP) is 0.578. The van der Waals surface area contributed by atoms with E-state index in [0.717, 1.165) is 6.54 Å². The summed E-state index contributed by atoms with van der Waals surface area (Å²) >= 11 is 0. The number of hydrogen-bond acceptors (Lipinski definition) is 5. The summed E-state index contributed by atoms with van der Waals surface area (Å²) in [5, 5.41) is 13.1. The van der Waals surface area contributed by atoms with E-state index in [9.17, 15) is 9.90 Å². The molecular weight excluding hydrogens is 256 g/mol. The van der Waals surface area contributed by atoms with Crippen LogP contribution in [0.3, 0.4) is 0 Å². The maximum Gasteiger partial charge on any atom is 0.225 e. The minimum absolute atomic E-state index is 0.0153. The molecule has 0 aromatic carbocycles.